The summed E-state index contributed by atoms with van der Waals surface area (Å²) in [4.78, 5) is 15.8. The van der Waals surface area contributed by atoms with E-state index >= 15 is 0 Å². The Labute approximate surface area is 112 Å². The minimum absolute atomic E-state index is 0.342. The van der Waals surface area contributed by atoms with E-state index in [1.54, 1.807) is 12.4 Å². The maximum absolute atomic E-state index is 11.8. The number of hydrogen-bond donors (Lipinski definition) is 0. The molecule has 3 heteroatoms. The number of aromatic nitrogens is 1. The molecule has 0 saturated heterocycles. The molecular weight excluding hydrogens is 246 g/mol. The van der Waals surface area contributed by atoms with Crippen LogP contribution in [0.5, 0.6) is 0 Å². The molecule has 1 heterocycles. The molecular formula is C15H14ClNO. The van der Waals surface area contributed by atoms with Gasteiger partial charge in [-0.2, -0.15) is 0 Å². The molecule has 92 valence electrons. The van der Waals surface area contributed by atoms with Crippen molar-refractivity contribution < 1.29 is 4.79 Å². The molecule has 1 atom stereocenters. The Bertz CT molecular complexity index is 527. The quantitative estimate of drug-likeness (QED) is 0.788. The largest absolute Gasteiger partial charge is 0.280 e. The first-order valence-corrected chi connectivity index (χ1v) is 6.15. The highest BCUT2D eigenvalue weighted by Crippen LogP contribution is 2.30. The SMILES string of the molecule is CC(Cc1ccncc1)(C(=O)Cl)c1ccccc1. The number of hydrogen-bond acceptors (Lipinski definition) is 2. The molecule has 2 aromatic rings. The van der Waals surface area contributed by atoms with Gasteiger partial charge in [0.2, 0.25) is 5.24 Å². The summed E-state index contributed by atoms with van der Waals surface area (Å²) < 4.78 is 0. The Morgan fingerprint density at radius 2 is 1.78 bits per heavy atom. The van der Waals surface area contributed by atoms with E-state index in [0.29, 0.717) is 6.42 Å². The minimum Gasteiger partial charge on any atom is -0.280 e. The van der Waals surface area contributed by atoms with Crippen LogP contribution in [-0.2, 0) is 16.6 Å². The van der Waals surface area contributed by atoms with Crippen LogP contribution in [0.4, 0.5) is 0 Å². The number of nitrogens with zero attached hydrogens (tertiary/aromatic N) is 1. The van der Waals surface area contributed by atoms with Gasteiger partial charge in [-0.1, -0.05) is 30.3 Å². The summed E-state index contributed by atoms with van der Waals surface area (Å²) in [5.74, 6) is 0. The first-order chi connectivity index (χ1) is 8.63. The highest BCUT2D eigenvalue weighted by atomic mass is 35.5. The third-order valence-corrected chi connectivity index (χ3v) is 3.57. The predicted octanol–water partition coefficient (Wildman–Crippen LogP) is 3.35. The first kappa shape index (κ1) is 12.8. The van der Waals surface area contributed by atoms with Gasteiger partial charge in [0.1, 0.15) is 0 Å². The molecule has 0 aliphatic heterocycles. The van der Waals surface area contributed by atoms with Crippen LogP contribution >= 0.6 is 11.6 Å². The van der Waals surface area contributed by atoms with E-state index in [2.05, 4.69) is 4.98 Å². The molecule has 1 unspecified atom stereocenters. The Balaban J connectivity index is 2.37. The fraction of sp³-hybridized carbons (Fsp3) is 0.200. The summed E-state index contributed by atoms with van der Waals surface area (Å²) >= 11 is 5.81. The molecule has 2 nitrogen and oxygen atoms in total. The van der Waals surface area contributed by atoms with Gasteiger partial charge < -0.3 is 0 Å². The van der Waals surface area contributed by atoms with Gasteiger partial charge in [0.25, 0.3) is 0 Å². The number of pyridine rings is 1. The van der Waals surface area contributed by atoms with Crippen LogP contribution < -0.4 is 0 Å². The average molecular weight is 260 g/mol. The lowest BCUT2D eigenvalue weighted by Crippen LogP contribution is -2.31. The zero-order valence-corrected chi connectivity index (χ0v) is 10.9. The van der Waals surface area contributed by atoms with Crippen molar-refractivity contribution in [2.45, 2.75) is 18.8 Å². The molecule has 1 aromatic carbocycles. The van der Waals surface area contributed by atoms with E-state index in [1.807, 2.05) is 49.4 Å². The number of carbonyl (C=O) groups is 1. The predicted molar refractivity (Wildman–Crippen MR) is 72.6 cm³/mol. The summed E-state index contributed by atoms with van der Waals surface area (Å²) in [7, 11) is 0. The lowest BCUT2D eigenvalue weighted by Gasteiger charge is -2.26. The number of benzene rings is 1. The summed E-state index contributed by atoms with van der Waals surface area (Å²) in [6.07, 6.45) is 4.01. The van der Waals surface area contributed by atoms with Gasteiger partial charge in [-0.3, -0.25) is 9.78 Å². The Hall–Kier alpha value is -1.67. The standard InChI is InChI=1S/C15H14ClNO/c1-15(14(16)18,13-5-3-2-4-6-13)11-12-7-9-17-10-8-12/h2-10H,11H2,1H3. The summed E-state index contributed by atoms with van der Waals surface area (Å²) in [5.41, 5.74) is 1.27. The fourth-order valence-electron chi connectivity index (χ4n) is 2.00. The Morgan fingerprint density at radius 1 is 1.17 bits per heavy atom. The second-order valence-corrected chi connectivity index (χ2v) is 4.85. The number of carbonyl (C=O) groups excluding carboxylic acids is 1. The minimum atomic E-state index is -0.704. The first-order valence-electron chi connectivity index (χ1n) is 5.77. The maximum Gasteiger partial charge on any atom is 0.232 e. The molecule has 0 spiro atoms. The lowest BCUT2D eigenvalue weighted by atomic mass is 9.78. The molecule has 0 aliphatic carbocycles. The van der Waals surface area contributed by atoms with Crippen LogP contribution in [0.1, 0.15) is 18.1 Å². The van der Waals surface area contributed by atoms with E-state index in [1.165, 1.54) is 0 Å². The van der Waals surface area contributed by atoms with E-state index in [9.17, 15) is 4.79 Å². The van der Waals surface area contributed by atoms with Crippen molar-refractivity contribution in [2.75, 3.05) is 0 Å². The van der Waals surface area contributed by atoms with Gasteiger partial charge in [0, 0.05) is 12.4 Å². The monoisotopic (exact) mass is 259 g/mol. The number of halogens is 1. The van der Waals surface area contributed by atoms with Crippen molar-refractivity contribution in [3.05, 3.63) is 66.0 Å². The van der Waals surface area contributed by atoms with Crippen molar-refractivity contribution in [2.24, 2.45) is 0 Å². The van der Waals surface area contributed by atoms with E-state index < -0.39 is 5.41 Å². The summed E-state index contributed by atoms with van der Waals surface area (Å²) in [5, 5.41) is -0.342. The topological polar surface area (TPSA) is 30.0 Å². The zero-order valence-electron chi connectivity index (χ0n) is 10.1. The van der Waals surface area contributed by atoms with Gasteiger partial charge >= 0.3 is 0 Å². The molecule has 0 radical (unpaired) electrons. The molecule has 0 N–H and O–H groups in total. The second kappa shape index (κ2) is 5.32. The lowest BCUT2D eigenvalue weighted by molar-refractivity contribution is -0.116. The van der Waals surface area contributed by atoms with Crippen molar-refractivity contribution in [1.82, 2.24) is 4.98 Å². The second-order valence-electron chi connectivity index (χ2n) is 4.50. The number of rotatable bonds is 4. The normalized spacial score (nSPS) is 13.9. The molecule has 0 fully saturated rings. The van der Waals surface area contributed by atoms with Crippen molar-refractivity contribution in [1.29, 1.82) is 0 Å². The fourth-order valence-corrected chi connectivity index (χ4v) is 2.18. The van der Waals surface area contributed by atoms with Gasteiger partial charge in [-0.05, 0) is 48.2 Å². The van der Waals surface area contributed by atoms with Gasteiger partial charge in [0.15, 0.2) is 0 Å². The Kier molecular flexibility index (Phi) is 3.78. The maximum atomic E-state index is 11.8. The van der Waals surface area contributed by atoms with Crippen LogP contribution in [0.15, 0.2) is 54.9 Å². The van der Waals surface area contributed by atoms with E-state index in [0.717, 1.165) is 11.1 Å². The van der Waals surface area contributed by atoms with Crippen molar-refractivity contribution in [3.8, 4) is 0 Å². The third kappa shape index (κ3) is 2.59. The van der Waals surface area contributed by atoms with E-state index in [-0.39, 0.29) is 5.24 Å². The third-order valence-electron chi connectivity index (χ3n) is 3.15. The van der Waals surface area contributed by atoms with Crippen LogP contribution in [0, 0.1) is 0 Å². The summed E-state index contributed by atoms with van der Waals surface area (Å²) in [6, 6.07) is 13.4. The highest BCUT2D eigenvalue weighted by Gasteiger charge is 2.33. The van der Waals surface area contributed by atoms with Crippen molar-refractivity contribution >= 4 is 16.8 Å². The van der Waals surface area contributed by atoms with Gasteiger partial charge in [-0.15, -0.1) is 0 Å². The van der Waals surface area contributed by atoms with Gasteiger partial charge in [-0.25, -0.2) is 0 Å². The van der Waals surface area contributed by atoms with Crippen LogP contribution in [0.25, 0.3) is 0 Å². The molecule has 2 rings (SSSR count). The van der Waals surface area contributed by atoms with E-state index in [4.69, 9.17) is 11.6 Å². The molecule has 18 heavy (non-hydrogen) atoms. The smallest absolute Gasteiger partial charge is 0.232 e. The molecule has 0 bridgehead atoms. The highest BCUT2D eigenvalue weighted by molar-refractivity contribution is 6.65. The van der Waals surface area contributed by atoms with Gasteiger partial charge in [0.05, 0.1) is 5.41 Å². The molecule has 0 amide bonds. The van der Waals surface area contributed by atoms with Crippen molar-refractivity contribution in [3.63, 3.8) is 0 Å². The Morgan fingerprint density at radius 3 is 2.33 bits per heavy atom. The van der Waals surface area contributed by atoms with Crippen LogP contribution in [0.3, 0.4) is 0 Å². The molecule has 0 saturated carbocycles. The zero-order chi connectivity index (χ0) is 13.0. The average Bonchev–Trinajstić information content (AvgIpc) is 2.40. The molecule has 1 aromatic heterocycles. The van der Waals surface area contributed by atoms with Crippen LogP contribution in [0.2, 0.25) is 0 Å². The van der Waals surface area contributed by atoms with Crippen LogP contribution in [-0.4, -0.2) is 10.2 Å². The molecule has 0 aliphatic rings. The summed E-state index contributed by atoms with van der Waals surface area (Å²) in [6.45, 7) is 1.87.